The Morgan fingerprint density at radius 3 is 2.56 bits per heavy atom. The van der Waals surface area contributed by atoms with Crippen LogP contribution in [0.2, 0.25) is 0 Å². The van der Waals surface area contributed by atoms with Gasteiger partial charge in [0, 0.05) is 25.7 Å². The van der Waals surface area contributed by atoms with Crippen LogP contribution in [0.4, 0.5) is 4.39 Å². The number of nitrogens with one attached hydrogen (secondary N) is 1. The van der Waals surface area contributed by atoms with Crippen molar-refractivity contribution in [3.63, 3.8) is 0 Å². The van der Waals surface area contributed by atoms with Gasteiger partial charge < -0.3 is 4.90 Å². The van der Waals surface area contributed by atoms with E-state index in [0.717, 1.165) is 17.7 Å². The Labute approximate surface area is 146 Å². The van der Waals surface area contributed by atoms with E-state index >= 15 is 0 Å². The highest BCUT2D eigenvalue weighted by Crippen LogP contribution is 2.18. The van der Waals surface area contributed by atoms with Crippen LogP contribution in [-0.4, -0.2) is 32.8 Å². The molecule has 0 spiro atoms. The van der Waals surface area contributed by atoms with E-state index in [2.05, 4.69) is 11.3 Å². The maximum Gasteiger partial charge on any atom is 0.253 e. The molecule has 132 valence electrons. The van der Waals surface area contributed by atoms with Gasteiger partial charge in [-0.05, 0) is 23.8 Å². The van der Waals surface area contributed by atoms with Crippen molar-refractivity contribution in [2.75, 3.05) is 13.6 Å². The van der Waals surface area contributed by atoms with Gasteiger partial charge in [0.25, 0.3) is 5.91 Å². The molecule has 0 fully saturated rings. The van der Waals surface area contributed by atoms with Crippen molar-refractivity contribution in [3.05, 3.63) is 78.1 Å². The summed E-state index contributed by atoms with van der Waals surface area (Å²) in [5.74, 6) is -1.32. The molecule has 25 heavy (non-hydrogen) atoms. The number of carbonyl (C=O) groups is 1. The zero-order valence-corrected chi connectivity index (χ0v) is 14.6. The third-order valence-corrected chi connectivity index (χ3v) is 4.93. The third-order valence-electron chi connectivity index (χ3n) is 3.49. The molecular weight excluding hydrogens is 343 g/mol. The minimum atomic E-state index is -4.06. The van der Waals surface area contributed by atoms with Crippen LogP contribution in [0.5, 0.6) is 0 Å². The van der Waals surface area contributed by atoms with Gasteiger partial charge in [-0.3, -0.25) is 4.79 Å². The van der Waals surface area contributed by atoms with Gasteiger partial charge >= 0.3 is 0 Å². The quantitative estimate of drug-likeness (QED) is 0.770. The van der Waals surface area contributed by atoms with Gasteiger partial charge in [-0.15, -0.1) is 6.58 Å². The first kappa shape index (κ1) is 18.8. The second-order valence-electron chi connectivity index (χ2n) is 5.43. The molecule has 0 bridgehead atoms. The average molecular weight is 362 g/mol. The molecule has 1 N–H and O–H groups in total. The molecule has 0 aliphatic carbocycles. The van der Waals surface area contributed by atoms with Gasteiger partial charge in [0.2, 0.25) is 10.0 Å². The minimum Gasteiger partial charge on any atom is -0.337 e. The summed E-state index contributed by atoms with van der Waals surface area (Å²) in [6.45, 7) is 3.73. The van der Waals surface area contributed by atoms with Gasteiger partial charge in [0.05, 0.1) is 0 Å². The minimum absolute atomic E-state index is 0.0339. The first-order chi connectivity index (χ1) is 11.8. The maximum absolute atomic E-state index is 13.9. The third kappa shape index (κ3) is 4.74. The number of hydrogen-bond donors (Lipinski definition) is 1. The lowest BCUT2D eigenvalue weighted by molar-refractivity contribution is 0.0784. The number of rotatable bonds is 7. The van der Waals surface area contributed by atoms with E-state index in [1.807, 2.05) is 30.3 Å². The van der Waals surface area contributed by atoms with Gasteiger partial charge in [0.15, 0.2) is 0 Å². The summed E-state index contributed by atoms with van der Waals surface area (Å²) >= 11 is 0. The van der Waals surface area contributed by atoms with Crippen LogP contribution in [-0.2, 0) is 16.6 Å². The van der Waals surface area contributed by atoms with E-state index in [1.54, 1.807) is 7.05 Å². The number of amides is 1. The largest absolute Gasteiger partial charge is 0.337 e. The van der Waals surface area contributed by atoms with Gasteiger partial charge in [0.1, 0.15) is 10.7 Å². The van der Waals surface area contributed by atoms with Crippen molar-refractivity contribution in [1.82, 2.24) is 9.62 Å². The molecular formula is C18H19FN2O3S. The zero-order valence-electron chi connectivity index (χ0n) is 13.8. The molecule has 0 heterocycles. The van der Waals surface area contributed by atoms with Crippen LogP contribution < -0.4 is 4.72 Å². The Balaban J connectivity index is 2.26. The summed E-state index contributed by atoms with van der Waals surface area (Å²) in [5, 5.41) is 0. The molecule has 0 saturated heterocycles. The molecule has 0 atom stereocenters. The molecule has 0 radical (unpaired) electrons. The smallest absolute Gasteiger partial charge is 0.253 e. The second kappa shape index (κ2) is 8.04. The molecule has 1 amide bonds. The first-order valence-electron chi connectivity index (χ1n) is 7.54. The van der Waals surface area contributed by atoms with E-state index in [-0.39, 0.29) is 12.1 Å². The summed E-state index contributed by atoms with van der Waals surface area (Å²) in [4.78, 5) is 13.4. The van der Waals surface area contributed by atoms with Crippen LogP contribution in [0.25, 0.3) is 0 Å². The second-order valence-corrected chi connectivity index (χ2v) is 7.17. The zero-order chi connectivity index (χ0) is 18.4. The van der Waals surface area contributed by atoms with Crippen molar-refractivity contribution >= 4 is 15.9 Å². The molecule has 0 aliphatic rings. The summed E-state index contributed by atoms with van der Waals surface area (Å²) < 4.78 is 40.4. The molecule has 0 aliphatic heterocycles. The lowest BCUT2D eigenvalue weighted by Gasteiger charge is -2.18. The van der Waals surface area contributed by atoms with Gasteiger partial charge in [-0.1, -0.05) is 36.4 Å². The fraction of sp³-hybridized carbons (Fsp3) is 0.167. The van der Waals surface area contributed by atoms with E-state index in [1.165, 1.54) is 17.0 Å². The Bertz CT molecular complexity index is 867. The Kier molecular flexibility index (Phi) is 6.06. The SMILES string of the molecule is C=CCNS(=O)(=O)c1cc(C(=O)N(C)Cc2ccccc2)ccc1F. The molecule has 0 saturated carbocycles. The van der Waals surface area contributed by atoms with Crippen molar-refractivity contribution in [2.45, 2.75) is 11.4 Å². The number of sulfonamides is 1. The topological polar surface area (TPSA) is 66.5 Å². The summed E-state index contributed by atoms with van der Waals surface area (Å²) in [6.07, 6.45) is 1.35. The molecule has 2 rings (SSSR count). The summed E-state index contributed by atoms with van der Waals surface area (Å²) in [7, 11) is -2.46. The summed E-state index contributed by atoms with van der Waals surface area (Å²) in [6, 6.07) is 12.6. The molecule has 2 aromatic rings. The van der Waals surface area contributed by atoms with Crippen molar-refractivity contribution in [2.24, 2.45) is 0 Å². The highest BCUT2D eigenvalue weighted by molar-refractivity contribution is 7.89. The molecule has 7 heteroatoms. The average Bonchev–Trinajstić information content (AvgIpc) is 2.60. The highest BCUT2D eigenvalue weighted by atomic mass is 32.2. The van der Waals surface area contributed by atoms with Crippen LogP contribution in [0.1, 0.15) is 15.9 Å². The van der Waals surface area contributed by atoms with E-state index in [4.69, 9.17) is 0 Å². The van der Waals surface area contributed by atoms with E-state index < -0.39 is 26.6 Å². The highest BCUT2D eigenvalue weighted by Gasteiger charge is 2.21. The number of hydrogen-bond acceptors (Lipinski definition) is 3. The van der Waals surface area contributed by atoms with Crippen LogP contribution in [0, 0.1) is 5.82 Å². The van der Waals surface area contributed by atoms with Gasteiger partial charge in [-0.2, -0.15) is 0 Å². The molecule has 0 aromatic heterocycles. The van der Waals surface area contributed by atoms with Crippen LogP contribution in [0.15, 0.2) is 66.1 Å². The normalized spacial score (nSPS) is 11.1. The monoisotopic (exact) mass is 362 g/mol. The lowest BCUT2D eigenvalue weighted by Crippen LogP contribution is -2.28. The predicted octanol–water partition coefficient (Wildman–Crippen LogP) is 2.56. The van der Waals surface area contributed by atoms with Crippen molar-refractivity contribution in [3.8, 4) is 0 Å². The van der Waals surface area contributed by atoms with Crippen LogP contribution in [0.3, 0.4) is 0 Å². The van der Waals surface area contributed by atoms with Crippen LogP contribution >= 0.6 is 0 Å². The fourth-order valence-electron chi connectivity index (χ4n) is 2.24. The number of nitrogens with zero attached hydrogens (tertiary/aromatic N) is 1. The molecule has 5 nitrogen and oxygen atoms in total. The van der Waals surface area contributed by atoms with Crippen molar-refractivity contribution < 1.29 is 17.6 Å². The standard InChI is InChI=1S/C18H19FN2O3S/c1-3-11-20-25(23,24)17-12-15(9-10-16(17)19)18(22)21(2)13-14-7-5-4-6-8-14/h3-10,12,20H,1,11,13H2,2H3. The summed E-state index contributed by atoms with van der Waals surface area (Å²) in [5.41, 5.74) is 1.03. The predicted molar refractivity (Wildman–Crippen MR) is 94.0 cm³/mol. The molecule has 0 unspecified atom stereocenters. The van der Waals surface area contributed by atoms with Crippen molar-refractivity contribution in [1.29, 1.82) is 0 Å². The van der Waals surface area contributed by atoms with Gasteiger partial charge in [-0.25, -0.2) is 17.5 Å². The number of carbonyl (C=O) groups excluding carboxylic acids is 1. The lowest BCUT2D eigenvalue weighted by atomic mass is 10.1. The number of halogens is 1. The fourth-order valence-corrected chi connectivity index (χ4v) is 3.34. The Morgan fingerprint density at radius 2 is 1.92 bits per heavy atom. The molecule has 2 aromatic carbocycles. The number of benzene rings is 2. The van der Waals surface area contributed by atoms with E-state index in [9.17, 15) is 17.6 Å². The Morgan fingerprint density at radius 1 is 1.24 bits per heavy atom. The Hall–Kier alpha value is -2.51. The first-order valence-corrected chi connectivity index (χ1v) is 9.03. The maximum atomic E-state index is 13.9. The van der Waals surface area contributed by atoms with E-state index in [0.29, 0.717) is 6.54 Å².